The number of furan rings is 1. The number of allylic oxidation sites excluding steroid dienone is 3. The molecule has 2 atom stereocenters. The SMILES string of the molecule is C1=CC2Oc3c(cc4c5c(oc4c3-c3cccc(-c4c6ccccc6c(-c6ccccc6)c6ccccc46)c3)CCC=C5)C2C=C1. The van der Waals surface area contributed by atoms with Crippen LogP contribution in [0.5, 0.6) is 5.75 Å². The largest absolute Gasteiger partial charge is 0.484 e. The summed E-state index contributed by atoms with van der Waals surface area (Å²) in [6, 6.07) is 39.8. The first-order valence-corrected chi connectivity index (χ1v) is 16.2. The van der Waals surface area contributed by atoms with Crippen LogP contribution in [0.2, 0.25) is 0 Å². The fourth-order valence-electron chi connectivity index (χ4n) is 8.03. The minimum absolute atomic E-state index is 0.00164. The van der Waals surface area contributed by atoms with E-state index in [2.05, 4.69) is 146 Å². The molecule has 6 aromatic carbocycles. The van der Waals surface area contributed by atoms with E-state index in [1.165, 1.54) is 60.3 Å². The van der Waals surface area contributed by atoms with E-state index in [0.29, 0.717) is 0 Å². The number of hydrogen-bond acceptors (Lipinski definition) is 2. The normalized spacial score (nSPS) is 17.7. The number of fused-ring (bicyclic) bond motifs is 8. The summed E-state index contributed by atoms with van der Waals surface area (Å²) in [5.41, 5.74) is 10.5. The van der Waals surface area contributed by atoms with Crippen molar-refractivity contribution in [2.75, 3.05) is 0 Å². The summed E-state index contributed by atoms with van der Waals surface area (Å²) in [5, 5.41) is 6.19. The first-order valence-electron chi connectivity index (χ1n) is 16.2. The molecule has 0 N–H and O–H groups in total. The van der Waals surface area contributed by atoms with Crippen LogP contribution in [0.15, 0.2) is 144 Å². The number of rotatable bonds is 3. The lowest BCUT2D eigenvalue weighted by molar-refractivity contribution is 0.270. The Morgan fingerprint density at radius 3 is 1.93 bits per heavy atom. The minimum Gasteiger partial charge on any atom is -0.484 e. The van der Waals surface area contributed by atoms with Gasteiger partial charge >= 0.3 is 0 Å². The zero-order chi connectivity index (χ0) is 30.2. The summed E-state index contributed by atoms with van der Waals surface area (Å²) >= 11 is 0. The van der Waals surface area contributed by atoms with Gasteiger partial charge in [-0.1, -0.05) is 127 Å². The fraction of sp³-hybridized carbons (Fsp3) is 0.0909. The Balaban J connectivity index is 1.26. The lowest BCUT2D eigenvalue weighted by Crippen LogP contribution is -2.15. The van der Waals surface area contributed by atoms with Gasteiger partial charge in [0.05, 0.1) is 5.56 Å². The van der Waals surface area contributed by atoms with E-state index in [9.17, 15) is 0 Å². The maximum atomic E-state index is 6.77. The predicted molar refractivity (Wildman–Crippen MR) is 190 cm³/mol. The van der Waals surface area contributed by atoms with Gasteiger partial charge in [-0.3, -0.25) is 0 Å². The van der Waals surface area contributed by atoms with Gasteiger partial charge < -0.3 is 9.15 Å². The Hall–Kier alpha value is -5.60. The molecule has 0 fully saturated rings. The van der Waals surface area contributed by atoms with Crippen molar-refractivity contribution in [2.45, 2.75) is 24.9 Å². The molecule has 0 saturated carbocycles. The van der Waals surface area contributed by atoms with Crippen molar-refractivity contribution < 1.29 is 9.15 Å². The van der Waals surface area contributed by atoms with Crippen LogP contribution in [0.25, 0.3) is 72.0 Å². The Morgan fingerprint density at radius 1 is 0.565 bits per heavy atom. The molecule has 7 aromatic rings. The number of ether oxygens (including phenoxy) is 1. The molecule has 0 bridgehead atoms. The topological polar surface area (TPSA) is 22.4 Å². The Labute approximate surface area is 267 Å². The highest BCUT2D eigenvalue weighted by atomic mass is 16.5. The molecule has 0 amide bonds. The highest BCUT2D eigenvalue weighted by molar-refractivity contribution is 6.21. The second-order valence-corrected chi connectivity index (χ2v) is 12.6. The van der Waals surface area contributed by atoms with E-state index < -0.39 is 0 Å². The van der Waals surface area contributed by atoms with Crippen molar-refractivity contribution >= 4 is 38.6 Å². The van der Waals surface area contributed by atoms with Crippen LogP contribution in [-0.2, 0) is 6.42 Å². The van der Waals surface area contributed by atoms with Crippen LogP contribution < -0.4 is 4.74 Å². The Morgan fingerprint density at radius 2 is 1.20 bits per heavy atom. The Kier molecular flexibility index (Phi) is 5.56. The third kappa shape index (κ3) is 3.71. The maximum Gasteiger partial charge on any atom is 0.146 e. The van der Waals surface area contributed by atoms with Gasteiger partial charge in [-0.15, -0.1) is 0 Å². The third-order valence-corrected chi connectivity index (χ3v) is 10.0. The van der Waals surface area contributed by atoms with E-state index in [0.717, 1.165) is 41.1 Å². The quantitative estimate of drug-likeness (QED) is 0.191. The molecule has 0 radical (unpaired) electrons. The van der Waals surface area contributed by atoms with Gasteiger partial charge in [-0.25, -0.2) is 0 Å². The highest BCUT2D eigenvalue weighted by Crippen LogP contribution is 2.52. The summed E-state index contributed by atoms with van der Waals surface area (Å²) < 4.78 is 13.5. The second kappa shape index (κ2) is 9.95. The van der Waals surface area contributed by atoms with E-state index in [4.69, 9.17) is 9.15 Å². The first-order chi connectivity index (χ1) is 22.8. The second-order valence-electron chi connectivity index (χ2n) is 12.6. The van der Waals surface area contributed by atoms with Crippen molar-refractivity contribution in [1.82, 2.24) is 0 Å². The molecular weight excluding hydrogens is 560 g/mol. The number of benzene rings is 6. The van der Waals surface area contributed by atoms with Crippen LogP contribution in [-0.4, -0.2) is 6.10 Å². The van der Waals surface area contributed by atoms with Crippen LogP contribution in [0.1, 0.15) is 29.2 Å². The zero-order valence-corrected chi connectivity index (χ0v) is 25.2. The monoisotopic (exact) mass is 590 g/mol. The van der Waals surface area contributed by atoms with Crippen LogP contribution in [0.4, 0.5) is 0 Å². The average Bonchev–Trinajstić information content (AvgIpc) is 3.68. The maximum absolute atomic E-state index is 6.77. The summed E-state index contributed by atoms with van der Waals surface area (Å²) in [4.78, 5) is 0. The van der Waals surface area contributed by atoms with Gasteiger partial charge in [0.2, 0.25) is 0 Å². The molecule has 2 heteroatoms. The van der Waals surface area contributed by atoms with E-state index in [1.807, 2.05) is 0 Å². The van der Waals surface area contributed by atoms with Gasteiger partial charge in [0.15, 0.2) is 0 Å². The fourth-order valence-corrected chi connectivity index (χ4v) is 8.03. The lowest BCUT2D eigenvalue weighted by atomic mass is 9.85. The number of aryl methyl sites for hydroxylation is 1. The van der Waals surface area contributed by atoms with Gasteiger partial charge in [0.1, 0.15) is 23.2 Å². The molecule has 3 aliphatic rings. The minimum atomic E-state index is -0.00164. The summed E-state index contributed by atoms with van der Waals surface area (Å²) in [6.45, 7) is 0. The number of hydrogen-bond donors (Lipinski definition) is 0. The van der Waals surface area contributed by atoms with Gasteiger partial charge in [-0.2, -0.15) is 0 Å². The lowest BCUT2D eigenvalue weighted by Gasteiger charge is -2.18. The first kappa shape index (κ1) is 25.7. The smallest absolute Gasteiger partial charge is 0.146 e. The standard InChI is InChI=1S/C44H30O2/c1-2-13-27(14-3-1)40-32-19-4-6-21-34(32)41(35-22-7-5-20-33(35)40)28-15-12-16-29(25-28)42-43-36(30-17-8-10-23-38(30)45-43)26-37-31-18-9-11-24-39(31)46-44(37)42/h1-10,12-23,25-26,30,38H,11,24H2. The van der Waals surface area contributed by atoms with Crippen molar-refractivity contribution in [3.05, 3.63) is 156 Å². The van der Waals surface area contributed by atoms with Crippen LogP contribution in [0.3, 0.4) is 0 Å². The molecule has 1 aromatic heterocycles. The van der Waals surface area contributed by atoms with Crippen molar-refractivity contribution in [1.29, 1.82) is 0 Å². The average molecular weight is 591 g/mol. The molecule has 0 spiro atoms. The van der Waals surface area contributed by atoms with Gasteiger partial charge in [0, 0.05) is 28.9 Å². The van der Waals surface area contributed by atoms with E-state index >= 15 is 0 Å². The van der Waals surface area contributed by atoms with E-state index in [-0.39, 0.29) is 12.0 Å². The molecule has 2 nitrogen and oxygen atoms in total. The van der Waals surface area contributed by atoms with Crippen LogP contribution in [0, 0.1) is 0 Å². The molecule has 0 saturated heterocycles. The molecule has 46 heavy (non-hydrogen) atoms. The third-order valence-electron chi connectivity index (χ3n) is 10.0. The molecule has 10 rings (SSSR count). The summed E-state index contributed by atoms with van der Waals surface area (Å²) in [5.74, 6) is 2.21. The predicted octanol–water partition coefficient (Wildman–Crippen LogP) is 11.7. The van der Waals surface area contributed by atoms with Crippen molar-refractivity contribution in [3.63, 3.8) is 0 Å². The molecule has 218 valence electrons. The molecule has 2 heterocycles. The summed E-state index contributed by atoms with van der Waals surface area (Å²) in [6.07, 6.45) is 15.1. The van der Waals surface area contributed by atoms with Gasteiger partial charge in [-0.05, 0) is 74.0 Å². The zero-order valence-electron chi connectivity index (χ0n) is 25.2. The molecule has 2 aliphatic carbocycles. The van der Waals surface area contributed by atoms with Gasteiger partial charge in [0.25, 0.3) is 0 Å². The Bertz CT molecular complexity index is 2400. The van der Waals surface area contributed by atoms with E-state index in [1.54, 1.807) is 0 Å². The van der Waals surface area contributed by atoms with Crippen molar-refractivity contribution in [2.24, 2.45) is 0 Å². The van der Waals surface area contributed by atoms with Crippen molar-refractivity contribution in [3.8, 4) is 39.1 Å². The molecular formula is C44H30O2. The molecule has 2 unspecified atom stereocenters. The highest BCUT2D eigenvalue weighted by Gasteiger charge is 2.37. The molecule has 1 aliphatic heterocycles. The van der Waals surface area contributed by atoms with Crippen LogP contribution >= 0.6 is 0 Å². The summed E-state index contributed by atoms with van der Waals surface area (Å²) in [7, 11) is 0.